The highest BCUT2D eigenvalue weighted by atomic mass is 16.5. The van der Waals surface area contributed by atoms with E-state index >= 15 is 0 Å². The minimum absolute atomic E-state index is 0.375. The van der Waals surface area contributed by atoms with Crippen LogP contribution in [0.2, 0.25) is 0 Å². The fourth-order valence-electron chi connectivity index (χ4n) is 2.57. The Morgan fingerprint density at radius 1 is 1.22 bits per heavy atom. The monoisotopic (exact) mass is 256 g/mol. The van der Waals surface area contributed by atoms with Gasteiger partial charge < -0.3 is 15.0 Å². The minimum atomic E-state index is 0.375. The molecule has 1 unspecified atom stereocenters. The second-order valence-electron chi connectivity index (χ2n) is 5.80. The summed E-state index contributed by atoms with van der Waals surface area (Å²) in [5.41, 5.74) is 0. The molecule has 0 aromatic rings. The lowest BCUT2D eigenvalue weighted by molar-refractivity contribution is 0.0760. The summed E-state index contributed by atoms with van der Waals surface area (Å²) in [6.45, 7) is 8.69. The normalized spacial score (nSPS) is 21.7. The zero-order valence-corrected chi connectivity index (χ0v) is 12.6. The van der Waals surface area contributed by atoms with Crippen molar-refractivity contribution < 1.29 is 4.74 Å². The number of hydrogen-bond donors (Lipinski definition) is 1. The van der Waals surface area contributed by atoms with Crippen LogP contribution in [0.15, 0.2) is 0 Å². The van der Waals surface area contributed by atoms with Crippen LogP contribution in [0, 0.1) is 0 Å². The zero-order chi connectivity index (χ0) is 13.2. The molecule has 0 saturated carbocycles. The molecule has 18 heavy (non-hydrogen) atoms. The molecule has 0 spiro atoms. The fourth-order valence-corrected chi connectivity index (χ4v) is 2.57. The molecule has 1 fully saturated rings. The molecule has 0 radical (unpaired) electrons. The minimum Gasteiger partial charge on any atom is -0.379 e. The molecule has 1 aliphatic heterocycles. The third kappa shape index (κ3) is 7.34. The van der Waals surface area contributed by atoms with Gasteiger partial charge in [-0.15, -0.1) is 0 Å². The standard InChI is InChI=1S/C15H32N2O/c1-14(2)18-13-7-5-10-16-11-9-15-8-4-6-12-17(15)3/h14-16H,4-13H2,1-3H3. The summed E-state index contributed by atoms with van der Waals surface area (Å²) in [5.74, 6) is 0. The fraction of sp³-hybridized carbons (Fsp3) is 1.00. The lowest BCUT2D eigenvalue weighted by Gasteiger charge is -2.32. The third-order valence-electron chi connectivity index (χ3n) is 3.77. The van der Waals surface area contributed by atoms with Crippen LogP contribution in [0.3, 0.4) is 0 Å². The van der Waals surface area contributed by atoms with Gasteiger partial charge in [-0.05, 0) is 72.6 Å². The van der Waals surface area contributed by atoms with Gasteiger partial charge in [-0.2, -0.15) is 0 Å². The van der Waals surface area contributed by atoms with E-state index in [0.29, 0.717) is 6.10 Å². The van der Waals surface area contributed by atoms with Crippen molar-refractivity contribution in [3.8, 4) is 0 Å². The van der Waals surface area contributed by atoms with E-state index in [1.807, 2.05) is 0 Å². The maximum atomic E-state index is 5.52. The van der Waals surface area contributed by atoms with Gasteiger partial charge in [0.15, 0.2) is 0 Å². The van der Waals surface area contributed by atoms with Gasteiger partial charge in [-0.3, -0.25) is 0 Å². The Bertz CT molecular complexity index is 197. The number of ether oxygens (including phenoxy) is 1. The maximum absolute atomic E-state index is 5.52. The third-order valence-corrected chi connectivity index (χ3v) is 3.77. The molecule has 0 amide bonds. The van der Waals surface area contributed by atoms with Crippen molar-refractivity contribution in [3.63, 3.8) is 0 Å². The summed E-state index contributed by atoms with van der Waals surface area (Å²) in [4.78, 5) is 2.53. The van der Waals surface area contributed by atoms with Crippen LogP contribution >= 0.6 is 0 Å². The van der Waals surface area contributed by atoms with Crippen molar-refractivity contribution >= 4 is 0 Å². The number of rotatable bonds is 9. The molecule has 1 saturated heterocycles. The first kappa shape index (κ1) is 15.9. The van der Waals surface area contributed by atoms with Gasteiger partial charge in [0, 0.05) is 12.6 Å². The van der Waals surface area contributed by atoms with Crippen molar-refractivity contribution in [2.75, 3.05) is 33.3 Å². The van der Waals surface area contributed by atoms with Crippen LogP contribution in [-0.2, 0) is 4.74 Å². The van der Waals surface area contributed by atoms with Crippen LogP contribution in [-0.4, -0.2) is 50.3 Å². The number of likely N-dealkylation sites (tertiary alicyclic amines) is 1. The molecule has 108 valence electrons. The van der Waals surface area contributed by atoms with Gasteiger partial charge in [-0.1, -0.05) is 6.42 Å². The lowest BCUT2D eigenvalue weighted by atomic mass is 10.0. The quantitative estimate of drug-likeness (QED) is 0.642. The summed E-state index contributed by atoms with van der Waals surface area (Å²) < 4.78 is 5.52. The molecular formula is C15H32N2O. The first-order valence-electron chi connectivity index (χ1n) is 7.72. The first-order chi connectivity index (χ1) is 8.70. The van der Waals surface area contributed by atoms with Crippen molar-refractivity contribution in [2.24, 2.45) is 0 Å². The predicted molar refractivity (Wildman–Crippen MR) is 78.1 cm³/mol. The van der Waals surface area contributed by atoms with Crippen molar-refractivity contribution in [1.29, 1.82) is 0 Å². The summed E-state index contributed by atoms with van der Waals surface area (Å²) in [6.07, 6.45) is 8.28. The molecule has 3 nitrogen and oxygen atoms in total. The molecular weight excluding hydrogens is 224 g/mol. The van der Waals surface area contributed by atoms with Crippen LogP contribution < -0.4 is 5.32 Å². The SMILES string of the molecule is CC(C)OCCCCNCCC1CCCCN1C. The summed E-state index contributed by atoms with van der Waals surface area (Å²) in [5, 5.41) is 3.56. The predicted octanol–water partition coefficient (Wildman–Crippen LogP) is 2.66. The zero-order valence-electron chi connectivity index (χ0n) is 12.6. The van der Waals surface area contributed by atoms with Crippen LogP contribution in [0.5, 0.6) is 0 Å². The average Bonchev–Trinajstić information content (AvgIpc) is 2.34. The summed E-state index contributed by atoms with van der Waals surface area (Å²) in [6, 6.07) is 0.815. The van der Waals surface area contributed by atoms with E-state index in [2.05, 4.69) is 31.1 Å². The Kier molecular flexibility index (Phi) is 8.64. The number of nitrogens with zero attached hydrogens (tertiary/aromatic N) is 1. The maximum Gasteiger partial charge on any atom is 0.0518 e. The summed E-state index contributed by atoms with van der Waals surface area (Å²) >= 11 is 0. The molecule has 0 aromatic heterocycles. The summed E-state index contributed by atoms with van der Waals surface area (Å²) in [7, 11) is 2.27. The first-order valence-corrected chi connectivity index (χ1v) is 7.72. The number of nitrogens with one attached hydrogen (secondary N) is 1. The Morgan fingerprint density at radius 2 is 2.06 bits per heavy atom. The number of piperidine rings is 1. The van der Waals surface area contributed by atoms with Gasteiger partial charge in [-0.25, -0.2) is 0 Å². The van der Waals surface area contributed by atoms with E-state index in [-0.39, 0.29) is 0 Å². The number of unbranched alkanes of at least 4 members (excludes halogenated alkanes) is 1. The highest BCUT2D eigenvalue weighted by Gasteiger charge is 2.17. The molecule has 0 aromatic carbocycles. The van der Waals surface area contributed by atoms with Crippen LogP contribution in [0.4, 0.5) is 0 Å². The van der Waals surface area contributed by atoms with E-state index in [0.717, 1.165) is 19.2 Å². The highest BCUT2D eigenvalue weighted by Crippen LogP contribution is 2.16. The van der Waals surface area contributed by atoms with E-state index < -0.39 is 0 Å². The largest absolute Gasteiger partial charge is 0.379 e. The molecule has 1 rings (SSSR count). The van der Waals surface area contributed by atoms with Gasteiger partial charge in [0.25, 0.3) is 0 Å². The van der Waals surface area contributed by atoms with Crippen LogP contribution in [0.1, 0.15) is 52.4 Å². The topological polar surface area (TPSA) is 24.5 Å². The average molecular weight is 256 g/mol. The van der Waals surface area contributed by atoms with Crippen molar-refractivity contribution in [1.82, 2.24) is 10.2 Å². The van der Waals surface area contributed by atoms with Gasteiger partial charge in [0.05, 0.1) is 6.10 Å². The smallest absolute Gasteiger partial charge is 0.0518 e. The van der Waals surface area contributed by atoms with E-state index in [4.69, 9.17) is 4.74 Å². The van der Waals surface area contributed by atoms with Gasteiger partial charge >= 0.3 is 0 Å². The Labute approximate surface area is 113 Å². The van der Waals surface area contributed by atoms with Crippen molar-refractivity contribution in [3.05, 3.63) is 0 Å². The molecule has 0 bridgehead atoms. The van der Waals surface area contributed by atoms with E-state index in [9.17, 15) is 0 Å². The van der Waals surface area contributed by atoms with E-state index in [1.165, 1.54) is 51.6 Å². The Balaban J connectivity index is 1.86. The molecule has 1 aliphatic rings. The Hall–Kier alpha value is -0.120. The van der Waals surface area contributed by atoms with E-state index in [1.54, 1.807) is 0 Å². The second-order valence-corrected chi connectivity index (χ2v) is 5.80. The highest BCUT2D eigenvalue weighted by molar-refractivity contribution is 4.74. The second kappa shape index (κ2) is 9.76. The molecule has 1 N–H and O–H groups in total. The van der Waals surface area contributed by atoms with Gasteiger partial charge in [0.1, 0.15) is 0 Å². The molecule has 1 atom stereocenters. The molecule has 0 aliphatic carbocycles. The number of hydrogen-bond acceptors (Lipinski definition) is 3. The molecule has 1 heterocycles. The lowest BCUT2D eigenvalue weighted by Crippen LogP contribution is -2.38. The van der Waals surface area contributed by atoms with Gasteiger partial charge in [0.2, 0.25) is 0 Å². The Morgan fingerprint density at radius 3 is 2.78 bits per heavy atom. The molecule has 3 heteroatoms. The van der Waals surface area contributed by atoms with Crippen molar-refractivity contribution in [2.45, 2.75) is 64.5 Å². The van der Waals surface area contributed by atoms with Crippen LogP contribution in [0.25, 0.3) is 0 Å².